The lowest BCUT2D eigenvalue weighted by atomic mass is 10.1. The van der Waals surface area contributed by atoms with Gasteiger partial charge in [0, 0.05) is 0 Å². The topological polar surface area (TPSA) is 88.1 Å². The number of nitrogens with zero attached hydrogens (tertiary/aromatic N) is 2. The van der Waals surface area contributed by atoms with Gasteiger partial charge in [0.05, 0.1) is 18.2 Å². The summed E-state index contributed by atoms with van der Waals surface area (Å²) in [4.78, 5) is 12.3. The highest BCUT2D eigenvalue weighted by atomic mass is 32.2. The van der Waals surface area contributed by atoms with Crippen molar-refractivity contribution in [2.45, 2.75) is 13.8 Å². The van der Waals surface area contributed by atoms with Crippen LogP contribution in [0.1, 0.15) is 16.7 Å². The molecule has 1 amide bonds. The molecule has 0 bridgehead atoms. The Kier molecular flexibility index (Phi) is 7.55. The van der Waals surface area contributed by atoms with Crippen molar-refractivity contribution in [1.29, 1.82) is 0 Å². The van der Waals surface area contributed by atoms with Crippen molar-refractivity contribution in [2.24, 2.45) is 5.10 Å². The SMILES string of the molecule is C=CCOc1cccc(/C=N\NC(=O)CN(c2c(C)cccc2C)S(C)(=O)=O)c1. The van der Waals surface area contributed by atoms with E-state index in [0.29, 0.717) is 18.0 Å². The molecule has 0 fully saturated rings. The second-order valence-electron chi connectivity index (χ2n) is 6.48. The molecule has 7 nitrogen and oxygen atoms in total. The van der Waals surface area contributed by atoms with Gasteiger partial charge in [0.2, 0.25) is 10.0 Å². The number of aryl methyl sites for hydroxylation is 2. The number of hydrogen-bond donors (Lipinski definition) is 1. The highest BCUT2D eigenvalue weighted by Gasteiger charge is 2.23. The van der Waals surface area contributed by atoms with Gasteiger partial charge in [-0.25, -0.2) is 13.8 Å². The second-order valence-corrected chi connectivity index (χ2v) is 8.38. The van der Waals surface area contributed by atoms with Crippen molar-refractivity contribution in [3.05, 3.63) is 71.8 Å². The van der Waals surface area contributed by atoms with Crippen LogP contribution < -0.4 is 14.5 Å². The fourth-order valence-electron chi connectivity index (χ4n) is 2.75. The summed E-state index contributed by atoms with van der Waals surface area (Å²) in [5.74, 6) is 0.104. The molecule has 2 rings (SSSR count). The minimum Gasteiger partial charge on any atom is -0.490 e. The van der Waals surface area contributed by atoms with Crippen LogP contribution in [0.3, 0.4) is 0 Å². The molecule has 0 aliphatic carbocycles. The summed E-state index contributed by atoms with van der Waals surface area (Å²) in [5, 5.41) is 3.91. The lowest BCUT2D eigenvalue weighted by Gasteiger charge is -2.25. The number of rotatable bonds is 9. The van der Waals surface area contributed by atoms with Gasteiger partial charge >= 0.3 is 0 Å². The quantitative estimate of drug-likeness (QED) is 0.388. The number of sulfonamides is 1. The van der Waals surface area contributed by atoms with Gasteiger partial charge in [0.1, 0.15) is 18.9 Å². The van der Waals surface area contributed by atoms with Gasteiger partial charge in [0.15, 0.2) is 0 Å². The van der Waals surface area contributed by atoms with E-state index in [1.54, 1.807) is 56.3 Å². The third-order valence-electron chi connectivity index (χ3n) is 4.01. The summed E-state index contributed by atoms with van der Waals surface area (Å²) in [6, 6.07) is 12.6. The van der Waals surface area contributed by atoms with Crippen LogP contribution in [0.5, 0.6) is 5.75 Å². The first-order valence-electron chi connectivity index (χ1n) is 8.92. The van der Waals surface area contributed by atoms with Crippen LogP contribution >= 0.6 is 0 Å². The van der Waals surface area contributed by atoms with E-state index in [-0.39, 0.29) is 6.54 Å². The molecule has 0 spiro atoms. The molecule has 29 heavy (non-hydrogen) atoms. The fraction of sp³-hybridized carbons (Fsp3) is 0.238. The predicted octanol–water partition coefficient (Wildman–Crippen LogP) is 2.78. The molecule has 0 radical (unpaired) electrons. The number of ether oxygens (including phenoxy) is 1. The highest BCUT2D eigenvalue weighted by molar-refractivity contribution is 7.92. The average molecular weight is 416 g/mol. The summed E-state index contributed by atoms with van der Waals surface area (Å²) >= 11 is 0. The standard InChI is InChI=1S/C21H25N3O4S/c1-5-12-28-19-11-7-10-18(13-19)14-22-23-20(25)15-24(29(4,26)27)21-16(2)8-6-9-17(21)3/h5-11,13-14H,1,12,15H2,2-4H3,(H,23,25)/b22-14-. The molecule has 154 valence electrons. The third kappa shape index (κ3) is 6.46. The maximum Gasteiger partial charge on any atom is 0.260 e. The Morgan fingerprint density at radius 3 is 2.48 bits per heavy atom. The molecule has 0 unspecified atom stereocenters. The van der Waals surface area contributed by atoms with Crippen molar-refractivity contribution in [1.82, 2.24) is 5.43 Å². The third-order valence-corrected chi connectivity index (χ3v) is 5.12. The first kappa shape index (κ1) is 22.2. The number of carbonyl (C=O) groups excluding carboxylic acids is 1. The van der Waals surface area contributed by atoms with Gasteiger partial charge < -0.3 is 4.74 Å². The van der Waals surface area contributed by atoms with E-state index in [2.05, 4.69) is 17.1 Å². The summed E-state index contributed by atoms with van der Waals surface area (Å²) in [7, 11) is -3.65. The molecule has 0 aliphatic heterocycles. The average Bonchev–Trinajstić information content (AvgIpc) is 2.65. The lowest BCUT2D eigenvalue weighted by Crippen LogP contribution is -2.39. The van der Waals surface area contributed by atoms with Gasteiger partial charge in [-0.05, 0) is 42.7 Å². The van der Waals surface area contributed by atoms with Crippen molar-refractivity contribution in [2.75, 3.05) is 23.7 Å². The molecule has 0 saturated heterocycles. The number of amides is 1. The van der Waals surface area contributed by atoms with Crippen LogP contribution in [0.2, 0.25) is 0 Å². The Morgan fingerprint density at radius 1 is 1.21 bits per heavy atom. The van der Waals surface area contributed by atoms with Gasteiger partial charge in [-0.3, -0.25) is 9.10 Å². The Hall–Kier alpha value is -3.13. The zero-order valence-corrected chi connectivity index (χ0v) is 17.6. The Labute approximate surface area is 171 Å². The fourth-order valence-corrected chi connectivity index (χ4v) is 3.72. The first-order valence-corrected chi connectivity index (χ1v) is 10.8. The Bertz CT molecular complexity index is 996. The first-order chi connectivity index (χ1) is 13.7. The van der Waals surface area contributed by atoms with Gasteiger partial charge in [-0.15, -0.1) is 0 Å². The molecule has 0 aromatic heterocycles. The predicted molar refractivity (Wildman–Crippen MR) is 116 cm³/mol. The van der Waals surface area contributed by atoms with Crippen LogP contribution in [-0.4, -0.2) is 39.9 Å². The molecular weight excluding hydrogens is 390 g/mol. The van der Waals surface area contributed by atoms with E-state index >= 15 is 0 Å². The smallest absolute Gasteiger partial charge is 0.260 e. The number of carbonyl (C=O) groups is 1. The van der Waals surface area contributed by atoms with E-state index in [9.17, 15) is 13.2 Å². The largest absolute Gasteiger partial charge is 0.490 e. The summed E-state index contributed by atoms with van der Waals surface area (Å²) in [5.41, 5.74) is 5.13. The van der Waals surface area contributed by atoms with Crippen LogP contribution in [0.25, 0.3) is 0 Å². The Morgan fingerprint density at radius 2 is 1.86 bits per heavy atom. The maximum atomic E-state index is 12.3. The van der Waals surface area contributed by atoms with E-state index in [4.69, 9.17) is 4.74 Å². The minimum absolute atomic E-state index is 0.371. The minimum atomic E-state index is -3.65. The lowest BCUT2D eigenvalue weighted by molar-refractivity contribution is -0.119. The molecule has 0 atom stereocenters. The molecule has 2 aromatic carbocycles. The molecule has 0 saturated carbocycles. The number of nitrogens with one attached hydrogen (secondary N) is 1. The van der Waals surface area contributed by atoms with E-state index in [1.807, 2.05) is 6.07 Å². The van der Waals surface area contributed by atoms with Crippen molar-refractivity contribution >= 4 is 27.8 Å². The molecule has 1 N–H and O–H groups in total. The van der Waals surface area contributed by atoms with Crippen LogP contribution in [0.4, 0.5) is 5.69 Å². The van der Waals surface area contributed by atoms with E-state index < -0.39 is 15.9 Å². The summed E-state index contributed by atoms with van der Waals surface area (Å²) in [6.07, 6.45) is 4.18. The van der Waals surface area contributed by atoms with Crippen molar-refractivity contribution in [3.8, 4) is 5.75 Å². The summed E-state index contributed by atoms with van der Waals surface area (Å²) < 4.78 is 31.1. The molecule has 0 aliphatic rings. The molecular formula is C21H25N3O4S. The van der Waals surface area contributed by atoms with Crippen LogP contribution in [-0.2, 0) is 14.8 Å². The molecule has 2 aromatic rings. The number of anilines is 1. The zero-order valence-electron chi connectivity index (χ0n) is 16.8. The van der Waals surface area contributed by atoms with Gasteiger partial charge in [-0.2, -0.15) is 5.10 Å². The number of hydrogen-bond acceptors (Lipinski definition) is 5. The van der Waals surface area contributed by atoms with Gasteiger partial charge in [0.25, 0.3) is 5.91 Å². The maximum absolute atomic E-state index is 12.3. The van der Waals surface area contributed by atoms with Crippen molar-refractivity contribution in [3.63, 3.8) is 0 Å². The second kappa shape index (κ2) is 9.88. The number of para-hydroxylation sites is 1. The summed E-state index contributed by atoms with van der Waals surface area (Å²) in [6.45, 7) is 7.22. The molecule has 0 heterocycles. The van der Waals surface area contributed by atoms with E-state index in [1.165, 1.54) is 6.21 Å². The monoisotopic (exact) mass is 415 g/mol. The van der Waals surface area contributed by atoms with E-state index in [0.717, 1.165) is 27.3 Å². The van der Waals surface area contributed by atoms with Crippen LogP contribution in [0, 0.1) is 13.8 Å². The zero-order chi connectivity index (χ0) is 21.4. The number of benzene rings is 2. The van der Waals surface area contributed by atoms with Gasteiger partial charge in [-0.1, -0.05) is 43.0 Å². The Balaban J connectivity index is 2.10. The van der Waals surface area contributed by atoms with Crippen LogP contribution in [0.15, 0.2) is 60.2 Å². The number of hydrazone groups is 1. The molecule has 8 heteroatoms. The highest BCUT2D eigenvalue weighted by Crippen LogP contribution is 2.26. The normalized spacial score (nSPS) is 11.3. The van der Waals surface area contributed by atoms with Crippen molar-refractivity contribution < 1.29 is 17.9 Å².